The zero-order valence-electron chi connectivity index (χ0n) is 8.70. The van der Waals surface area contributed by atoms with Crippen LogP contribution in [0.4, 0.5) is 0 Å². The van der Waals surface area contributed by atoms with Gasteiger partial charge in [-0.3, -0.25) is 4.99 Å². The van der Waals surface area contributed by atoms with E-state index < -0.39 is 0 Å². The number of aliphatic imine (C=N–C) groups is 1. The Labute approximate surface area is 85.6 Å². The number of hydrogen-bond donors (Lipinski definition) is 0. The topological polar surface area (TPSA) is 12.4 Å². The van der Waals surface area contributed by atoms with Gasteiger partial charge in [-0.15, -0.1) is 0 Å². The Morgan fingerprint density at radius 2 is 1.93 bits per heavy atom. The first-order valence-electron chi connectivity index (χ1n) is 4.60. The van der Waals surface area contributed by atoms with Gasteiger partial charge in [-0.1, -0.05) is 36.0 Å². The van der Waals surface area contributed by atoms with Crippen molar-refractivity contribution in [2.24, 2.45) is 4.99 Å². The average molecular weight is 185 g/mol. The van der Waals surface area contributed by atoms with E-state index in [0.717, 1.165) is 0 Å². The fourth-order valence-electron chi connectivity index (χ4n) is 1.22. The third-order valence-corrected chi connectivity index (χ3v) is 2.01. The number of allylic oxidation sites excluding steroid dienone is 9. The summed E-state index contributed by atoms with van der Waals surface area (Å²) in [6.45, 7) is 7.59. The van der Waals surface area contributed by atoms with Gasteiger partial charge in [-0.05, 0) is 37.8 Å². The second-order valence-corrected chi connectivity index (χ2v) is 3.24. The van der Waals surface area contributed by atoms with E-state index in [1.165, 1.54) is 16.7 Å². The summed E-state index contributed by atoms with van der Waals surface area (Å²) < 4.78 is 0. The van der Waals surface area contributed by atoms with E-state index in [2.05, 4.69) is 43.8 Å². The normalized spacial score (nSPS) is 30.3. The Balaban J connectivity index is 3.07. The SMILES string of the molecule is C=N\C=C/C1=C(C)/C=C\C=C/C(C)=C\1. The van der Waals surface area contributed by atoms with Crippen molar-refractivity contribution in [3.63, 3.8) is 0 Å². The third-order valence-electron chi connectivity index (χ3n) is 2.01. The molecule has 0 saturated carbocycles. The summed E-state index contributed by atoms with van der Waals surface area (Å²) in [5.74, 6) is 0. The van der Waals surface area contributed by atoms with Gasteiger partial charge in [0.25, 0.3) is 0 Å². The van der Waals surface area contributed by atoms with E-state index in [-0.39, 0.29) is 0 Å². The van der Waals surface area contributed by atoms with Crippen molar-refractivity contribution in [3.05, 3.63) is 59.4 Å². The molecule has 0 spiro atoms. The van der Waals surface area contributed by atoms with Crippen LogP contribution < -0.4 is 0 Å². The molecular weight excluding hydrogens is 170 g/mol. The Kier molecular flexibility index (Phi) is 3.86. The first-order valence-corrected chi connectivity index (χ1v) is 4.60. The van der Waals surface area contributed by atoms with Crippen molar-refractivity contribution in [1.29, 1.82) is 0 Å². The first kappa shape index (κ1) is 10.5. The van der Waals surface area contributed by atoms with Crippen molar-refractivity contribution in [2.75, 3.05) is 0 Å². The summed E-state index contributed by atoms with van der Waals surface area (Å²) in [4.78, 5) is 3.71. The van der Waals surface area contributed by atoms with E-state index in [1.54, 1.807) is 6.20 Å². The van der Waals surface area contributed by atoms with E-state index in [1.807, 2.05) is 18.2 Å². The Bertz CT molecular complexity index is 363. The number of rotatable bonds is 2. The maximum absolute atomic E-state index is 3.71. The van der Waals surface area contributed by atoms with Crippen LogP contribution in [0.2, 0.25) is 0 Å². The van der Waals surface area contributed by atoms with E-state index >= 15 is 0 Å². The van der Waals surface area contributed by atoms with Gasteiger partial charge in [-0.25, -0.2) is 0 Å². The molecule has 0 heterocycles. The molecule has 1 aliphatic rings. The molecule has 0 N–H and O–H groups in total. The van der Waals surface area contributed by atoms with E-state index in [4.69, 9.17) is 0 Å². The van der Waals surface area contributed by atoms with E-state index in [9.17, 15) is 0 Å². The molecule has 0 aromatic heterocycles. The second kappa shape index (κ2) is 5.18. The Morgan fingerprint density at radius 3 is 2.64 bits per heavy atom. The lowest BCUT2D eigenvalue weighted by molar-refractivity contribution is 1.39. The summed E-state index contributed by atoms with van der Waals surface area (Å²) in [6, 6.07) is 0. The standard InChI is InChI=1S/C13H15N/c1-11-6-4-5-7-12(2)13(10-11)8-9-14-3/h4-10H,3H2,1-2H3/b5-4?,6-4-,7-5-,9-8-,11-6?,11-10-,12-7?,13-10?,13-12-. The average Bonchev–Trinajstić information content (AvgIpc) is 2.16. The summed E-state index contributed by atoms with van der Waals surface area (Å²) in [5, 5.41) is 0. The summed E-state index contributed by atoms with van der Waals surface area (Å²) >= 11 is 0. The van der Waals surface area contributed by atoms with Crippen molar-refractivity contribution >= 4 is 6.72 Å². The van der Waals surface area contributed by atoms with E-state index in [0.29, 0.717) is 0 Å². The molecule has 14 heavy (non-hydrogen) atoms. The third kappa shape index (κ3) is 3.02. The Hall–Kier alpha value is -1.63. The molecule has 0 fully saturated rings. The monoisotopic (exact) mass is 185 g/mol. The highest BCUT2D eigenvalue weighted by Gasteiger charge is 1.95. The van der Waals surface area contributed by atoms with Crippen molar-refractivity contribution in [1.82, 2.24) is 0 Å². The Morgan fingerprint density at radius 1 is 1.21 bits per heavy atom. The largest absolute Gasteiger partial charge is 0.272 e. The molecule has 0 unspecified atom stereocenters. The lowest BCUT2D eigenvalue weighted by Crippen LogP contribution is -1.83. The highest BCUT2D eigenvalue weighted by Crippen LogP contribution is 2.14. The molecule has 0 amide bonds. The predicted octanol–water partition coefficient (Wildman–Crippen LogP) is 3.59. The van der Waals surface area contributed by atoms with Gasteiger partial charge in [0.2, 0.25) is 0 Å². The molecular formula is C13H15N. The quantitative estimate of drug-likeness (QED) is 0.583. The van der Waals surface area contributed by atoms with Gasteiger partial charge in [-0.2, -0.15) is 0 Å². The molecule has 0 saturated heterocycles. The maximum atomic E-state index is 3.71. The molecule has 72 valence electrons. The highest BCUT2D eigenvalue weighted by atomic mass is 14.6. The van der Waals surface area contributed by atoms with Gasteiger partial charge >= 0.3 is 0 Å². The molecule has 1 nitrogen and oxygen atoms in total. The molecule has 0 aromatic rings. The highest BCUT2D eigenvalue weighted by molar-refractivity contribution is 5.45. The summed E-state index contributed by atoms with van der Waals surface area (Å²) in [6.07, 6.45) is 14.1. The van der Waals surface area contributed by atoms with Crippen molar-refractivity contribution < 1.29 is 0 Å². The summed E-state index contributed by atoms with van der Waals surface area (Å²) in [5.41, 5.74) is 3.64. The van der Waals surface area contributed by atoms with Crippen molar-refractivity contribution in [3.8, 4) is 0 Å². The molecule has 0 atom stereocenters. The molecule has 1 aliphatic carbocycles. The van der Waals surface area contributed by atoms with Crippen molar-refractivity contribution in [2.45, 2.75) is 13.8 Å². The minimum absolute atomic E-state index is 1.18. The molecule has 0 aromatic carbocycles. The first-order chi connectivity index (χ1) is 6.74. The van der Waals surface area contributed by atoms with Gasteiger partial charge in [0.05, 0.1) is 0 Å². The minimum atomic E-state index is 1.18. The fourth-order valence-corrected chi connectivity index (χ4v) is 1.22. The van der Waals surface area contributed by atoms with Crippen LogP contribution in [0.3, 0.4) is 0 Å². The van der Waals surface area contributed by atoms with Crippen LogP contribution in [0.5, 0.6) is 0 Å². The molecule has 0 radical (unpaired) electrons. The smallest absolute Gasteiger partial charge is 0.0266 e. The minimum Gasteiger partial charge on any atom is -0.272 e. The number of nitrogens with zero attached hydrogens (tertiary/aromatic N) is 1. The van der Waals surface area contributed by atoms with Gasteiger partial charge < -0.3 is 0 Å². The zero-order valence-corrected chi connectivity index (χ0v) is 8.70. The second-order valence-electron chi connectivity index (χ2n) is 3.24. The van der Waals surface area contributed by atoms with Crippen LogP contribution in [0.1, 0.15) is 13.8 Å². The van der Waals surface area contributed by atoms with Gasteiger partial charge in [0.1, 0.15) is 0 Å². The molecule has 1 heteroatoms. The molecule has 0 bridgehead atoms. The van der Waals surface area contributed by atoms with Crippen LogP contribution in [-0.2, 0) is 0 Å². The lowest BCUT2D eigenvalue weighted by atomic mass is 10.0. The molecule has 0 aliphatic heterocycles. The fraction of sp³-hybridized carbons (Fsp3) is 0.154. The van der Waals surface area contributed by atoms with Crippen LogP contribution >= 0.6 is 0 Å². The molecule has 1 rings (SSSR count). The van der Waals surface area contributed by atoms with Crippen LogP contribution in [-0.4, -0.2) is 6.72 Å². The lowest BCUT2D eigenvalue weighted by Gasteiger charge is -2.02. The number of hydrogen-bond acceptors (Lipinski definition) is 1. The summed E-state index contributed by atoms with van der Waals surface area (Å²) in [7, 11) is 0. The zero-order chi connectivity index (χ0) is 10.4. The van der Waals surface area contributed by atoms with Crippen LogP contribution in [0.15, 0.2) is 64.4 Å². The van der Waals surface area contributed by atoms with Gasteiger partial charge in [0, 0.05) is 6.20 Å². The van der Waals surface area contributed by atoms with Crippen LogP contribution in [0, 0.1) is 0 Å². The maximum Gasteiger partial charge on any atom is 0.0266 e. The predicted molar refractivity (Wildman–Crippen MR) is 63.4 cm³/mol. The van der Waals surface area contributed by atoms with Gasteiger partial charge in [0.15, 0.2) is 0 Å². The van der Waals surface area contributed by atoms with Crippen LogP contribution in [0.25, 0.3) is 0 Å².